The van der Waals surface area contributed by atoms with Crippen LogP contribution in [-0.4, -0.2) is 39.2 Å². The summed E-state index contributed by atoms with van der Waals surface area (Å²) < 4.78 is 0. The van der Waals surface area contributed by atoms with Crippen molar-refractivity contribution >= 4 is 23.0 Å². The third-order valence-corrected chi connectivity index (χ3v) is 2.26. The van der Waals surface area contributed by atoms with Crippen LogP contribution in [0.5, 0.6) is 0 Å². The smallest absolute Gasteiger partial charge is 0.327 e. The van der Waals surface area contributed by atoms with Crippen molar-refractivity contribution in [2.75, 3.05) is 11.9 Å². The maximum absolute atomic E-state index is 11.5. The van der Waals surface area contributed by atoms with Crippen LogP contribution in [0.15, 0.2) is 14.6 Å². The highest BCUT2D eigenvalue weighted by atomic mass is 16.3. The number of hydrogen-bond acceptors (Lipinski definition) is 6. The molecule has 90 valence electrons. The average Bonchev–Trinajstić information content (AvgIpc) is 2.27. The van der Waals surface area contributed by atoms with E-state index in [1.807, 2.05) is 4.98 Å². The van der Waals surface area contributed by atoms with E-state index in [4.69, 9.17) is 5.11 Å². The van der Waals surface area contributed by atoms with Gasteiger partial charge in [0.25, 0.3) is 5.56 Å². The minimum atomic E-state index is -1.18. The zero-order chi connectivity index (χ0) is 12.6. The average molecular weight is 238 g/mol. The Labute approximate surface area is 94.4 Å². The number of H-pyrrole nitrogens is 2. The highest BCUT2D eigenvalue weighted by molar-refractivity contribution is 6.43. The number of aliphatic hydroxyl groups excluding tert-OH is 1. The van der Waals surface area contributed by atoms with Gasteiger partial charge in [0.15, 0.2) is 5.69 Å². The van der Waals surface area contributed by atoms with Gasteiger partial charge in [0.05, 0.1) is 6.54 Å². The van der Waals surface area contributed by atoms with Gasteiger partial charge in [-0.15, -0.1) is 0 Å². The van der Waals surface area contributed by atoms with Gasteiger partial charge in [-0.3, -0.25) is 19.6 Å². The van der Waals surface area contributed by atoms with E-state index in [2.05, 4.69) is 15.3 Å². The zero-order valence-electron chi connectivity index (χ0n) is 8.90. The molecule has 17 heavy (non-hydrogen) atoms. The summed E-state index contributed by atoms with van der Waals surface area (Å²) >= 11 is 0. The van der Waals surface area contributed by atoms with Gasteiger partial charge in [-0.2, -0.15) is 0 Å². The number of ketones is 1. The molecule has 0 saturated heterocycles. The van der Waals surface area contributed by atoms with Crippen LogP contribution in [0.25, 0.3) is 0 Å². The van der Waals surface area contributed by atoms with Gasteiger partial charge in [-0.05, 0) is 6.92 Å². The molecule has 1 aliphatic heterocycles. The van der Waals surface area contributed by atoms with Crippen molar-refractivity contribution in [3.63, 3.8) is 0 Å². The molecule has 2 heterocycles. The number of aromatic amines is 2. The van der Waals surface area contributed by atoms with E-state index in [1.54, 1.807) is 0 Å². The number of rotatable bonds is 2. The molecule has 0 bridgehead atoms. The van der Waals surface area contributed by atoms with Crippen molar-refractivity contribution in [3.8, 4) is 0 Å². The fraction of sp³-hybridized carbons (Fsp3) is 0.333. The Hall–Kier alpha value is -2.22. The Morgan fingerprint density at radius 1 is 1.41 bits per heavy atom. The lowest BCUT2D eigenvalue weighted by atomic mass is 10.1. The fourth-order valence-electron chi connectivity index (χ4n) is 1.44. The SMILES string of the molecule is C[C@H](O)C(=O)C1=Nc2c([nH]c(=O)[nH]c2=O)NC1. The number of nitrogens with zero attached hydrogens (tertiary/aromatic N) is 1. The molecule has 1 aliphatic rings. The van der Waals surface area contributed by atoms with E-state index < -0.39 is 23.1 Å². The second-order valence-corrected chi connectivity index (χ2v) is 3.58. The monoisotopic (exact) mass is 238 g/mol. The first kappa shape index (κ1) is 11.3. The van der Waals surface area contributed by atoms with Crippen LogP contribution in [0.3, 0.4) is 0 Å². The highest BCUT2D eigenvalue weighted by Crippen LogP contribution is 2.19. The summed E-state index contributed by atoms with van der Waals surface area (Å²) in [6.45, 7) is 1.37. The summed E-state index contributed by atoms with van der Waals surface area (Å²) in [6, 6.07) is 0. The molecule has 1 aromatic heterocycles. The van der Waals surface area contributed by atoms with Crippen LogP contribution >= 0.6 is 0 Å². The third-order valence-electron chi connectivity index (χ3n) is 2.26. The van der Waals surface area contributed by atoms with Crippen molar-refractivity contribution in [1.29, 1.82) is 0 Å². The molecule has 0 saturated carbocycles. The van der Waals surface area contributed by atoms with E-state index in [-0.39, 0.29) is 23.8 Å². The molecule has 0 aliphatic carbocycles. The van der Waals surface area contributed by atoms with Crippen molar-refractivity contribution in [1.82, 2.24) is 9.97 Å². The molecule has 1 aromatic rings. The van der Waals surface area contributed by atoms with E-state index in [0.717, 1.165) is 0 Å². The Balaban J connectivity index is 2.52. The quantitative estimate of drug-likeness (QED) is 0.499. The summed E-state index contributed by atoms with van der Waals surface area (Å²) in [5, 5.41) is 11.8. The van der Waals surface area contributed by atoms with Crippen molar-refractivity contribution in [2.45, 2.75) is 13.0 Å². The molecule has 8 heteroatoms. The molecule has 4 N–H and O–H groups in total. The molecule has 0 aromatic carbocycles. The maximum Gasteiger partial charge on any atom is 0.327 e. The van der Waals surface area contributed by atoms with Crippen LogP contribution in [0.1, 0.15) is 6.92 Å². The van der Waals surface area contributed by atoms with E-state index >= 15 is 0 Å². The second-order valence-electron chi connectivity index (χ2n) is 3.58. The van der Waals surface area contributed by atoms with Crippen LogP contribution < -0.4 is 16.6 Å². The van der Waals surface area contributed by atoms with Gasteiger partial charge < -0.3 is 10.4 Å². The van der Waals surface area contributed by atoms with Crippen LogP contribution in [0.2, 0.25) is 0 Å². The normalized spacial score (nSPS) is 15.5. The number of nitrogens with one attached hydrogen (secondary N) is 3. The van der Waals surface area contributed by atoms with Gasteiger partial charge in [0.2, 0.25) is 5.78 Å². The minimum Gasteiger partial charge on any atom is -0.385 e. The number of aliphatic imine (C=N–C) groups is 1. The summed E-state index contributed by atoms with van der Waals surface area (Å²) in [6.07, 6.45) is -1.18. The van der Waals surface area contributed by atoms with E-state index in [9.17, 15) is 14.4 Å². The first-order valence-electron chi connectivity index (χ1n) is 4.89. The number of fused-ring (bicyclic) bond motifs is 1. The predicted molar refractivity (Wildman–Crippen MR) is 60.0 cm³/mol. The minimum absolute atomic E-state index is 0.0463. The first-order chi connectivity index (χ1) is 7.99. The lowest BCUT2D eigenvalue weighted by Gasteiger charge is -2.16. The van der Waals surface area contributed by atoms with Crippen molar-refractivity contribution in [3.05, 3.63) is 20.8 Å². The van der Waals surface area contributed by atoms with Gasteiger partial charge in [0, 0.05) is 0 Å². The molecule has 1 atom stereocenters. The second kappa shape index (κ2) is 3.98. The van der Waals surface area contributed by atoms with Crippen molar-refractivity contribution in [2.24, 2.45) is 4.99 Å². The Morgan fingerprint density at radius 2 is 2.12 bits per heavy atom. The van der Waals surface area contributed by atoms with Gasteiger partial charge in [0.1, 0.15) is 17.6 Å². The standard InChI is InChI=1S/C9H10N4O4/c1-3(14)6(15)4-2-10-7-5(11-4)8(16)13-9(17)12-7/h3,14H,2H2,1H3,(H3,10,12,13,16,17)/t3-/m0/s1. The van der Waals surface area contributed by atoms with Crippen LogP contribution in [-0.2, 0) is 4.79 Å². The predicted octanol–water partition coefficient (Wildman–Crippen LogP) is -1.49. The van der Waals surface area contributed by atoms with Gasteiger partial charge in [-0.1, -0.05) is 0 Å². The number of aliphatic hydroxyl groups is 1. The fourth-order valence-corrected chi connectivity index (χ4v) is 1.44. The lowest BCUT2D eigenvalue weighted by Crippen LogP contribution is -2.35. The summed E-state index contributed by atoms with van der Waals surface area (Å²) in [5.74, 6) is -0.394. The zero-order valence-corrected chi connectivity index (χ0v) is 8.90. The molecule has 2 rings (SSSR count). The van der Waals surface area contributed by atoms with Gasteiger partial charge in [-0.25, -0.2) is 9.79 Å². The molecular formula is C9H10N4O4. The molecule has 0 spiro atoms. The number of anilines is 1. The van der Waals surface area contributed by atoms with Crippen molar-refractivity contribution < 1.29 is 9.90 Å². The van der Waals surface area contributed by atoms with E-state index in [0.29, 0.717) is 0 Å². The van der Waals surface area contributed by atoms with Crippen LogP contribution in [0, 0.1) is 0 Å². The molecule has 0 radical (unpaired) electrons. The number of aromatic nitrogens is 2. The largest absolute Gasteiger partial charge is 0.385 e. The molecular weight excluding hydrogens is 228 g/mol. The van der Waals surface area contributed by atoms with Crippen LogP contribution in [0.4, 0.5) is 11.5 Å². The number of hydrogen-bond donors (Lipinski definition) is 4. The third kappa shape index (κ3) is 2.02. The van der Waals surface area contributed by atoms with Gasteiger partial charge >= 0.3 is 5.69 Å². The summed E-state index contributed by atoms with van der Waals surface area (Å²) in [5.41, 5.74) is -1.36. The molecule has 0 fully saturated rings. The molecule has 8 nitrogen and oxygen atoms in total. The summed E-state index contributed by atoms with van der Waals surface area (Å²) in [4.78, 5) is 42.1. The van der Waals surface area contributed by atoms with E-state index in [1.165, 1.54) is 6.92 Å². The molecule has 0 amide bonds. The number of carbonyl (C=O) groups excluding carboxylic acids is 1. The first-order valence-corrected chi connectivity index (χ1v) is 4.89. The Kier molecular flexibility index (Phi) is 2.64. The number of Topliss-reactive ketones (excluding diaryl/α,β-unsaturated/α-hetero) is 1. The number of carbonyl (C=O) groups is 1. The molecule has 0 unspecified atom stereocenters. The topological polar surface area (TPSA) is 127 Å². The Morgan fingerprint density at radius 3 is 2.76 bits per heavy atom. The summed E-state index contributed by atoms with van der Waals surface area (Å²) in [7, 11) is 0. The Bertz CT molecular complexity index is 610. The highest BCUT2D eigenvalue weighted by Gasteiger charge is 2.22. The lowest BCUT2D eigenvalue weighted by molar-refractivity contribution is -0.119. The maximum atomic E-state index is 11.5.